The summed E-state index contributed by atoms with van der Waals surface area (Å²) < 4.78 is 12.1. The molecule has 2 saturated carbocycles. The second-order valence-corrected chi connectivity index (χ2v) is 15.0. The number of hydrogen-bond acceptors (Lipinski definition) is 7. The molecule has 8 rings (SSSR count). The molecule has 0 saturated heterocycles. The van der Waals surface area contributed by atoms with E-state index >= 15 is 0 Å². The van der Waals surface area contributed by atoms with Crippen LogP contribution in [0.2, 0.25) is 0 Å². The fourth-order valence-corrected chi connectivity index (χ4v) is 8.89. The monoisotopic (exact) mass is 754 g/mol. The molecule has 3 aliphatic carbocycles. The smallest absolute Gasteiger partial charge is 0.336 e. The van der Waals surface area contributed by atoms with Crippen molar-refractivity contribution in [2.45, 2.75) is 51.0 Å². The number of phenolic OH excluding ortho intramolecular Hbond substituents is 2. The lowest BCUT2D eigenvalue weighted by Crippen LogP contribution is -2.32. The second kappa shape index (κ2) is 15.5. The van der Waals surface area contributed by atoms with Gasteiger partial charge in [-0.1, -0.05) is 54.8 Å². The number of fused-ring (bicyclic) bond motifs is 4. The Morgan fingerprint density at radius 2 is 1.47 bits per heavy atom. The molecule has 2 bridgehead atoms. The van der Waals surface area contributed by atoms with Crippen molar-refractivity contribution in [1.29, 1.82) is 0 Å². The van der Waals surface area contributed by atoms with E-state index in [1.54, 1.807) is 42.0 Å². The average Bonchev–Trinajstić information content (AvgIpc) is 3.17. The van der Waals surface area contributed by atoms with Gasteiger partial charge in [0, 0.05) is 28.5 Å². The molecule has 1 unspecified atom stereocenters. The van der Waals surface area contributed by atoms with Gasteiger partial charge in [-0.05, 0) is 127 Å². The van der Waals surface area contributed by atoms with E-state index in [2.05, 4.69) is 22.8 Å². The number of aromatic carboxylic acids is 1. The zero-order chi connectivity index (χ0) is 38.1. The Morgan fingerprint density at radius 1 is 0.818 bits per heavy atom. The first kappa shape index (κ1) is 36.1. The highest BCUT2D eigenvalue weighted by atomic mass is 32.1. The number of aromatic hydroxyl groups is 2. The van der Waals surface area contributed by atoms with Gasteiger partial charge < -0.3 is 35.4 Å². The number of carboxylic acids is 1. The third-order valence-corrected chi connectivity index (χ3v) is 11.3. The van der Waals surface area contributed by atoms with Crippen LogP contribution >= 0.6 is 12.2 Å². The van der Waals surface area contributed by atoms with Crippen molar-refractivity contribution in [3.05, 3.63) is 136 Å². The Kier molecular flexibility index (Phi) is 10.2. The van der Waals surface area contributed by atoms with Gasteiger partial charge in [-0.25, -0.2) is 4.79 Å². The molecule has 9 nitrogen and oxygen atoms in total. The van der Waals surface area contributed by atoms with Crippen LogP contribution in [0.4, 0.5) is 5.69 Å². The molecule has 55 heavy (non-hydrogen) atoms. The number of carboxylic acid groups (broad SMARTS) is 1. The van der Waals surface area contributed by atoms with E-state index in [-0.39, 0.29) is 29.3 Å². The van der Waals surface area contributed by atoms with Crippen LogP contribution in [0.3, 0.4) is 0 Å². The van der Waals surface area contributed by atoms with Crippen molar-refractivity contribution in [2.24, 2.45) is 11.8 Å². The van der Waals surface area contributed by atoms with E-state index < -0.39 is 12.1 Å². The summed E-state index contributed by atoms with van der Waals surface area (Å²) in [5, 5.41) is 37.0. The zero-order valence-corrected chi connectivity index (χ0v) is 31.0. The molecule has 0 amide bonds. The van der Waals surface area contributed by atoms with Gasteiger partial charge in [0.2, 0.25) is 0 Å². The number of thiocarbonyl (C=S) groups is 1. The summed E-state index contributed by atoms with van der Waals surface area (Å²) in [6.07, 6.45) is 10.2. The van der Waals surface area contributed by atoms with Crippen LogP contribution in [0.15, 0.2) is 108 Å². The van der Waals surface area contributed by atoms with Gasteiger partial charge in [-0.15, -0.1) is 0 Å². The molecule has 0 spiro atoms. The quantitative estimate of drug-likeness (QED) is 0.0834. The number of benzene rings is 4. The molecule has 1 heterocycles. The number of carbonyl (C=O) groups is 2. The summed E-state index contributed by atoms with van der Waals surface area (Å²) in [6, 6.07) is 25.5. The molecule has 1 atom stereocenters. The summed E-state index contributed by atoms with van der Waals surface area (Å²) >= 11 is 5.54. The summed E-state index contributed by atoms with van der Waals surface area (Å²) in [5.74, 6) is 1.39. The van der Waals surface area contributed by atoms with E-state index in [0.29, 0.717) is 63.8 Å². The van der Waals surface area contributed by atoms with Crippen LogP contribution in [0.1, 0.15) is 77.6 Å². The molecule has 0 aromatic heterocycles. The third-order valence-electron chi connectivity index (χ3n) is 11.1. The molecule has 5 N–H and O–H groups in total. The van der Waals surface area contributed by atoms with Gasteiger partial charge in [-0.3, -0.25) is 4.79 Å². The molecule has 4 aromatic rings. The summed E-state index contributed by atoms with van der Waals surface area (Å²) in [4.78, 5) is 24.8. The maximum absolute atomic E-state index is 12.6. The lowest BCUT2D eigenvalue weighted by atomic mass is 9.65. The lowest BCUT2D eigenvalue weighted by molar-refractivity contribution is -0.116. The van der Waals surface area contributed by atoms with Crippen LogP contribution in [0.25, 0.3) is 11.1 Å². The van der Waals surface area contributed by atoms with E-state index in [0.717, 1.165) is 16.9 Å². The number of hydrogen-bond donors (Lipinski definition) is 5. The minimum Gasteiger partial charge on any atom is -0.508 e. The predicted octanol–water partition coefficient (Wildman–Crippen LogP) is 8.66. The number of carbonyl (C=O) groups excluding carboxylic acids is 1. The summed E-state index contributed by atoms with van der Waals surface area (Å²) in [6.45, 7) is 0.762. The minimum absolute atomic E-state index is 0.00606. The van der Waals surface area contributed by atoms with Crippen molar-refractivity contribution >= 4 is 45.9 Å². The highest BCUT2D eigenvalue weighted by Crippen LogP contribution is 2.49. The Bertz CT molecular complexity index is 2230. The van der Waals surface area contributed by atoms with Crippen molar-refractivity contribution in [2.75, 3.05) is 18.5 Å². The molecule has 4 aromatic carbocycles. The van der Waals surface area contributed by atoms with Gasteiger partial charge in [0.15, 0.2) is 10.9 Å². The highest BCUT2D eigenvalue weighted by molar-refractivity contribution is 7.80. The normalized spacial score (nSPS) is 19.8. The number of ether oxygens (including phenoxy) is 2. The van der Waals surface area contributed by atoms with Crippen molar-refractivity contribution in [3.63, 3.8) is 0 Å². The van der Waals surface area contributed by atoms with Crippen molar-refractivity contribution in [1.82, 2.24) is 5.32 Å². The number of rotatable bonds is 9. The first-order valence-electron chi connectivity index (χ1n) is 18.9. The van der Waals surface area contributed by atoms with Crippen LogP contribution < -0.4 is 20.1 Å². The molecular weight excluding hydrogens is 713 g/mol. The number of nitrogens with one attached hydrogen (secondary N) is 2. The topological polar surface area (TPSA) is 137 Å². The largest absolute Gasteiger partial charge is 0.508 e. The first-order chi connectivity index (χ1) is 26.7. The van der Waals surface area contributed by atoms with Crippen LogP contribution in [0, 0.1) is 11.8 Å². The lowest BCUT2D eigenvalue weighted by Gasteiger charge is -2.39. The Labute approximate surface area is 325 Å². The van der Waals surface area contributed by atoms with E-state index in [4.69, 9.17) is 21.7 Å². The number of anilines is 1. The van der Waals surface area contributed by atoms with Gasteiger partial charge in [0.25, 0.3) is 0 Å². The van der Waals surface area contributed by atoms with E-state index in [9.17, 15) is 24.9 Å². The van der Waals surface area contributed by atoms with E-state index in [1.807, 2.05) is 24.3 Å². The highest BCUT2D eigenvalue weighted by Gasteiger charge is 2.35. The number of allylic oxidation sites excluding steroid dienone is 2. The molecule has 1 aliphatic heterocycles. The Hall–Kier alpha value is -5.87. The van der Waals surface area contributed by atoms with Crippen LogP contribution in [0.5, 0.6) is 23.0 Å². The molecular formula is C45H42N2O7S. The van der Waals surface area contributed by atoms with Crippen molar-refractivity contribution < 1.29 is 34.4 Å². The molecule has 280 valence electrons. The summed E-state index contributed by atoms with van der Waals surface area (Å²) in [5.41, 5.74) is 8.11. The van der Waals surface area contributed by atoms with E-state index in [1.165, 1.54) is 68.4 Å². The molecule has 4 aliphatic rings. The minimum atomic E-state index is -1.13. The van der Waals surface area contributed by atoms with Gasteiger partial charge in [0.1, 0.15) is 35.7 Å². The average molecular weight is 755 g/mol. The van der Waals surface area contributed by atoms with Gasteiger partial charge >= 0.3 is 5.97 Å². The fourth-order valence-electron chi connectivity index (χ4n) is 8.67. The number of phenols is 2. The molecule has 2 fully saturated rings. The zero-order valence-electron chi connectivity index (χ0n) is 30.2. The maximum atomic E-state index is 12.6. The SMILES string of the molecule is O=C1C=CC2=C(c3ccc(NC(=S)NCCOc4ccc(C(=C5C6CCCC5CCC6)c5ccc(O)cc5)cc4)cc3C(=O)O)c3ccc(O)cc3OC2C1. The third kappa shape index (κ3) is 7.59. The Morgan fingerprint density at radius 3 is 2.16 bits per heavy atom. The first-order valence-corrected chi connectivity index (χ1v) is 19.3. The molecule has 10 heteroatoms. The summed E-state index contributed by atoms with van der Waals surface area (Å²) in [7, 11) is 0. The second-order valence-electron chi connectivity index (χ2n) is 14.6. The number of ketones is 1. The van der Waals surface area contributed by atoms with Gasteiger partial charge in [0.05, 0.1) is 18.5 Å². The van der Waals surface area contributed by atoms with Crippen LogP contribution in [-0.2, 0) is 4.79 Å². The van der Waals surface area contributed by atoms with Gasteiger partial charge in [-0.2, -0.15) is 0 Å². The Balaban J connectivity index is 0.932. The van der Waals surface area contributed by atoms with Crippen LogP contribution in [-0.4, -0.2) is 51.4 Å². The van der Waals surface area contributed by atoms with Crippen molar-refractivity contribution in [3.8, 4) is 23.0 Å². The fraction of sp³-hybridized carbons (Fsp3) is 0.267. The maximum Gasteiger partial charge on any atom is 0.336 e. The predicted molar refractivity (Wildman–Crippen MR) is 216 cm³/mol. The standard InChI is InChI=1S/C45H42N2O7S/c48-31-12-7-28(8-13-31)42(41-26-3-1-4-27(41)6-2-5-26)29-9-16-34(17-10-29)53-22-21-46-45(55)47-30-11-18-35(38(23-30)44(51)52)43-36-19-14-32(49)24-39(36)54-40-25-33(50)15-20-37(40)43/h7-20,23-24,26-27,40,48-49H,1-6,21-22,25H2,(H,51,52)(H2,46,47,55). The molecule has 0 radical (unpaired) electrons.